The number of fused-ring (bicyclic) bond motifs is 1. The summed E-state index contributed by atoms with van der Waals surface area (Å²) in [7, 11) is 1.69. The zero-order valence-corrected chi connectivity index (χ0v) is 10.8. The number of nitrogen functional groups attached to an aromatic ring is 1. The van der Waals surface area contributed by atoms with E-state index in [-0.39, 0.29) is 6.04 Å². The van der Waals surface area contributed by atoms with Crippen molar-refractivity contribution in [2.45, 2.75) is 19.9 Å². The summed E-state index contributed by atoms with van der Waals surface area (Å²) >= 11 is 0. The zero-order valence-electron chi connectivity index (χ0n) is 10.8. The Labute approximate surface area is 105 Å². The Morgan fingerprint density at radius 3 is 2.78 bits per heavy atom. The van der Waals surface area contributed by atoms with Crippen molar-refractivity contribution in [3.63, 3.8) is 0 Å². The number of anilines is 1. The SMILES string of the molecule is C=CC(=NC)c1nn(C(C)C)c2ncnc(N)c12. The quantitative estimate of drug-likeness (QED) is 0.831. The maximum Gasteiger partial charge on any atom is 0.164 e. The minimum Gasteiger partial charge on any atom is -0.383 e. The van der Waals surface area contributed by atoms with E-state index in [9.17, 15) is 0 Å². The molecule has 0 saturated heterocycles. The maximum atomic E-state index is 5.92. The minimum absolute atomic E-state index is 0.179. The molecule has 0 aliphatic heterocycles. The summed E-state index contributed by atoms with van der Waals surface area (Å²) in [6.45, 7) is 7.80. The molecular formula is C12H16N6. The van der Waals surface area contributed by atoms with Crippen LogP contribution in [0.3, 0.4) is 0 Å². The number of aromatic nitrogens is 4. The lowest BCUT2D eigenvalue weighted by Gasteiger charge is -2.05. The lowest BCUT2D eigenvalue weighted by Crippen LogP contribution is -2.05. The summed E-state index contributed by atoms with van der Waals surface area (Å²) in [4.78, 5) is 12.4. The fraction of sp³-hybridized carbons (Fsp3) is 0.333. The highest BCUT2D eigenvalue weighted by Crippen LogP contribution is 2.24. The van der Waals surface area contributed by atoms with Gasteiger partial charge >= 0.3 is 0 Å². The summed E-state index contributed by atoms with van der Waals surface area (Å²) in [5.41, 5.74) is 8.00. The van der Waals surface area contributed by atoms with E-state index in [1.54, 1.807) is 13.1 Å². The minimum atomic E-state index is 0.179. The fourth-order valence-electron chi connectivity index (χ4n) is 1.83. The number of nitrogens with zero attached hydrogens (tertiary/aromatic N) is 5. The number of hydrogen-bond donors (Lipinski definition) is 1. The zero-order chi connectivity index (χ0) is 13.3. The molecule has 0 fully saturated rings. The van der Waals surface area contributed by atoms with Crippen LogP contribution in [0, 0.1) is 0 Å². The van der Waals surface area contributed by atoms with E-state index in [0.717, 1.165) is 11.0 Å². The van der Waals surface area contributed by atoms with Crippen molar-refractivity contribution in [3.05, 3.63) is 24.7 Å². The predicted molar refractivity (Wildman–Crippen MR) is 72.8 cm³/mol. The van der Waals surface area contributed by atoms with Gasteiger partial charge in [0.1, 0.15) is 17.8 Å². The van der Waals surface area contributed by atoms with Gasteiger partial charge in [0.05, 0.1) is 11.1 Å². The highest BCUT2D eigenvalue weighted by atomic mass is 15.3. The van der Waals surface area contributed by atoms with Crippen molar-refractivity contribution in [2.24, 2.45) is 4.99 Å². The monoisotopic (exact) mass is 244 g/mol. The van der Waals surface area contributed by atoms with E-state index in [0.29, 0.717) is 17.2 Å². The van der Waals surface area contributed by atoms with E-state index in [1.165, 1.54) is 6.33 Å². The molecular weight excluding hydrogens is 228 g/mol. The smallest absolute Gasteiger partial charge is 0.164 e. The molecule has 0 radical (unpaired) electrons. The Kier molecular flexibility index (Phi) is 3.10. The predicted octanol–water partition coefficient (Wildman–Crippen LogP) is 1.59. The second-order valence-electron chi connectivity index (χ2n) is 4.16. The summed E-state index contributed by atoms with van der Waals surface area (Å²) in [5.74, 6) is 0.407. The van der Waals surface area contributed by atoms with Crippen molar-refractivity contribution in [1.82, 2.24) is 19.7 Å². The second-order valence-corrected chi connectivity index (χ2v) is 4.16. The van der Waals surface area contributed by atoms with Gasteiger partial charge in [0.2, 0.25) is 0 Å². The van der Waals surface area contributed by atoms with Crippen LogP contribution in [-0.2, 0) is 0 Å². The van der Waals surface area contributed by atoms with Gasteiger partial charge < -0.3 is 5.73 Å². The molecule has 0 unspecified atom stereocenters. The topological polar surface area (TPSA) is 82.0 Å². The van der Waals surface area contributed by atoms with Gasteiger partial charge in [0, 0.05) is 13.1 Å². The highest BCUT2D eigenvalue weighted by molar-refractivity contribution is 6.16. The molecule has 2 aromatic rings. The molecule has 0 saturated carbocycles. The van der Waals surface area contributed by atoms with Crippen molar-refractivity contribution < 1.29 is 0 Å². The Balaban J connectivity index is 2.86. The second kappa shape index (κ2) is 4.56. The van der Waals surface area contributed by atoms with Crippen LogP contribution >= 0.6 is 0 Å². The van der Waals surface area contributed by atoms with Gasteiger partial charge in [-0.05, 0) is 19.9 Å². The molecule has 0 amide bonds. The normalized spacial score (nSPS) is 12.3. The van der Waals surface area contributed by atoms with Crippen LogP contribution < -0.4 is 5.73 Å². The van der Waals surface area contributed by atoms with Gasteiger partial charge in [-0.15, -0.1) is 0 Å². The van der Waals surface area contributed by atoms with Crippen molar-refractivity contribution in [2.75, 3.05) is 12.8 Å². The lowest BCUT2D eigenvalue weighted by atomic mass is 10.2. The third-order valence-electron chi connectivity index (χ3n) is 2.68. The number of allylic oxidation sites excluding steroid dienone is 1. The van der Waals surface area contributed by atoms with Gasteiger partial charge in [0.25, 0.3) is 0 Å². The average Bonchev–Trinajstić information content (AvgIpc) is 2.72. The first-order chi connectivity index (χ1) is 8.60. The van der Waals surface area contributed by atoms with Gasteiger partial charge in [-0.2, -0.15) is 5.10 Å². The van der Waals surface area contributed by atoms with Crippen molar-refractivity contribution in [3.8, 4) is 0 Å². The first-order valence-corrected chi connectivity index (χ1v) is 5.68. The summed E-state index contributed by atoms with van der Waals surface area (Å²) < 4.78 is 1.82. The lowest BCUT2D eigenvalue weighted by molar-refractivity contribution is 0.545. The molecule has 0 spiro atoms. The van der Waals surface area contributed by atoms with Gasteiger partial charge in [-0.25, -0.2) is 14.6 Å². The number of hydrogen-bond acceptors (Lipinski definition) is 5. The van der Waals surface area contributed by atoms with Crippen LogP contribution in [0.2, 0.25) is 0 Å². The molecule has 6 heteroatoms. The van der Waals surface area contributed by atoms with Crippen LogP contribution in [0.1, 0.15) is 25.6 Å². The van der Waals surface area contributed by atoms with Gasteiger partial charge in [-0.3, -0.25) is 4.99 Å². The highest BCUT2D eigenvalue weighted by Gasteiger charge is 2.18. The standard InChI is InChI=1S/C12H16N6/c1-5-8(14-4)10-9-11(13)15-6-16-12(9)18(17-10)7(2)3/h5-7H,1H2,2-4H3,(H2,13,15,16). The number of rotatable bonds is 3. The number of nitrogens with two attached hydrogens (primary N) is 1. The van der Waals surface area contributed by atoms with Crippen LogP contribution in [0.15, 0.2) is 24.0 Å². The molecule has 0 aliphatic carbocycles. The van der Waals surface area contributed by atoms with Crippen molar-refractivity contribution in [1.29, 1.82) is 0 Å². The molecule has 18 heavy (non-hydrogen) atoms. The largest absolute Gasteiger partial charge is 0.383 e. The third kappa shape index (κ3) is 1.75. The van der Waals surface area contributed by atoms with E-state index in [4.69, 9.17) is 5.73 Å². The van der Waals surface area contributed by atoms with Crippen LogP contribution in [0.4, 0.5) is 5.82 Å². The first-order valence-electron chi connectivity index (χ1n) is 5.68. The Hall–Kier alpha value is -2.24. The Bertz CT molecular complexity index is 623. The van der Waals surface area contributed by atoms with Crippen LogP contribution in [0.25, 0.3) is 11.0 Å². The first kappa shape index (κ1) is 12.2. The Morgan fingerprint density at radius 1 is 1.50 bits per heavy atom. The molecule has 2 aromatic heterocycles. The molecule has 94 valence electrons. The number of aliphatic imine (C=N–C) groups is 1. The average molecular weight is 244 g/mol. The summed E-state index contributed by atoms with van der Waals surface area (Å²) in [6.07, 6.45) is 3.09. The maximum absolute atomic E-state index is 5.92. The molecule has 0 atom stereocenters. The molecule has 0 aromatic carbocycles. The summed E-state index contributed by atoms with van der Waals surface area (Å²) in [5, 5.41) is 5.25. The molecule has 0 aliphatic rings. The van der Waals surface area contributed by atoms with Crippen LogP contribution in [0.5, 0.6) is 0 Å². The van der Waals surface area contributed by atoms with E-state index in [2.05, 4.69) is 26.6 Å². The molecule has 2 rings (SSSR count). The van der Waals surface area contributed by atoms with E-state index >= 15 is 0 Å². The third-order valence-corrected chi connectivity index (χ3v) is 2.68. The van der Waals surface area contributed by atoms with Gasteiger partial charge in [-0.1, -0.05) is 6.58 Å². The van der Waals surface area contributed by atoms with E-state index in [1.807, 2.05) is 18.5 Å². The molecule has 2 heterocycles. The van der Waals surface area contributed by atoms with Crippen LogP contribution in [-0.4, -0.2) is 32.5 Å². The fourth-order valence-corrected chi connectivity index (χ4v) is 1.83. The summed E-state index contributed by atoms with van der Waals surface area (Å²) in [6, 6.07) is 0.179. The Morgan fingerprint density at radius 2 is 2.22 bits per heavy atom. The molecule has 2 N–H and O–H groups in total. The van der Waals surface area contributed by atoms with E-state index < -0.39 is 0 Å². The van der Waals surface area contributed by atoms with Crippen molar-refractivity contribution >= 4 is 22.6 Å². The van der Waals surface area contributed by atoms with Gasteiger partial charge in [0.15, 0.2) is 5.65 Å². The molecule has 0 bridgehead atoms. The molecule has 6 nitrogen and oxygen atoms in total.